The van der Waals surface area contributed by atoms with Crippen LogP contribution in [0.4, 0.5) is 5.82 Å². The SMILES string of the molecule is Cc1c(C(=O)Cc2cc3cc(-c4cnn(C)c4)ccc3cn2)ccnc1N1CCN(C)CC1. The normalized spacial score (nSPS) is 14.7. The number of carbonyl (C=O) groups is 1. The number of anilines is 1. The fourth-order valence-corrected chi connectivity index (χ4v) is 4.46. The van der Waals surface area contributed by atoms with Gasteiger partial charge in [-0.05, 0) is 43.1 Å². The molecule has 5 rings (SSSR count). The van der Waals surface area contributed by atoms with Gasteiger partial charge in [-0.15, -0.1) is 0 Å². The van der Waals surface area contributed by atoms with Crippen LogP contribution in [0.25, 0.3) is 21.9 Å². The number of fused-ring (bicyclic) bond motifs is 1. The first-order valence-corrected chi connectivity index (χ1v) is 11.3. The van der Waals surface area contributed by atoms with Crippen molar-refractivity contribution in [1.29, 1.82) is 0 Å². The predicted octanol–water partition coefficient (Wildman–Crippen LogP) is 3.52. The maximum Gasteiger partial charge on any atom is 0.169 e. The number of rotatable bonds is 5. The molecule has 7 heteroatoms. The van der Waals surface area contributed by atoms with Gasteiger partial charge in [0.1, 0.15) is 5.82 Å². The summed E-state index contributed by atoms with van der Waals surface area (Å²) in [5, 5.41) is 6.39. The smallest absolute Gasteiger partial charge is 0.169 e. The van der Waals surface area contributed by atoms with Gasteiger partial charge in [0.05, 0.1) is 12.6 Å². The molecular formula is C26H28N6O. The molecule has 1 aliphatic rings. The van der Waals surface area contributed by atoms with Gasteiger partial charge in [0, 0.05) is 79.6 Å². The number of hydrogen-bond acceptors (Lipinski definition) is 6. The van der Waals surface area contributed by atoms with Crippen LogP contribution in [0, 0.1) is 6.92 Å². The summed E-state index contributed by atoms with van der Waals surface area (Å²) >= 11 is 0. The Kier molecular flexibility index (Phi) is 5.64. The van der Waals surface area contributed by atoms with E-state index in [-0.39, 0.29) is 12.2 Å². The van der Waals surface area contributed by atoms with Crippen LogP contribution in [0.1, 0.15) is 21.6 Å². The summed E-state index contributed by atoms with van der Waals surface area (Å²) in [7, 11) is 4.04. The lowest BCUT2D eigenvalue weighted by Gasteiger charge is -2.34. The van der Waals surface area contributed by atoms with Crippen molar-refractivity contribution in [2.45, 2.75) is 13.3 Å². The van der Waals surface area contributed by atoms with E-state index in [9.17, 15) is 4.79 Å². The lowest BCUT2D eigenvalue weighted by atomic mass is 10.00. The Balaban J connectivity index is 1.39. The number of aryl methyl sites for hydroxylation is 1. The Morgan fingerprint density at radius 1 is 0.939 bits per heavy atom. The molecule has 0 saturated carbocycles. The summed E-state index contributed by atoms with van der Waals surface area (Å²) in [4.78, 5) is 27.0. The van der Waals surface area contributed by atoms with E-state index >= 15 is 0 Å². The van der Waals surface area contributed by atoms with Crippen LogP contribution in [-0.4, -0.2) is 63.7 Å². The van der Waals surface area contributed by atoms with Gasteiger partial charge < -0.3 is 9.80 Å². The van der Waals surface area contributed by atoms with E-state index in [1.165, 1.54) is 0 Å². The van der Waals surface area contributed by atoms with Crippen molar-refractivity contribution < 1.29 is 4.79 Å². The number of aromatic nitrogens is 4. The van der Waals surface area contributed by atoms with Crippen LogP contribution in [0.15, 0.2) is 55.1 Å². The molecule has 0 unspecified atom stereocenters. The highest BCUT2D eigenvalue weighted by Crippen LogP contribution is 2.26. The Bertz CT molecular complexity index is 1320. The zero-order valence-electron chi connectivity index (χ0n) is 19.3. The quantitative estimate of drug-likeness (QED) is 0.443. The van der Waals surface area contributed by atoms with E-state index in [2.05, 4.69) is 50.1 Å². The van der Waals surface area contributed by atoms with Crippen molar-refractivity contribution in [2.24, 2.45) is 7.05 Å². The Morgan fingerprint density at radius 3 is 2.52 bits per heavy atom. The summed E-state index contributed by atoms with van der Waals surface area (Å²) in [5.41, 5.74) is 4.61. The van der Waals surface area contributed by atoms with Crippen molar-refractivity contribution in [3.63, 3.8) is 0 Å². The number of nitrogens with zero attached hydrogens (tertiary/aromatic N) is 6. The minimum atomic E-state index is 0.0699. The molecular weight excluding hydrogens is 412 g/mol. The molecule has 7 nitrogen and oxygen atoms in total. The predicted molar refractivity (Wildman–Crippen MR) is 131 cm³/mol. The highest BCUT2D eigenvalue weighted by Gasteiger charge is 2.20. The molecule has 1 fully saturated rings. The molecule has 33 heavy (non-hydrogen) atoms. The standard InChI is InChI=1S/C26H28N6O/c1-18-24(6-7-27-26(18)32-10-8-30(2)9-11-32)25(33)14-23-13-21-12-19(4-5-20(21)15-28-23)22-16-29-31(3)17-22/h4-7,12-13,15-17H,8-11,14H2,1-3H3. The van der Waals surface area contributed by atoms with Crippen molar-refractivity contribution >= 4 is 22.4 Å². The monoisotopic (exact) mass is 440 g/mol. The van der Waals surface area contributed by atoms with Gasteiger partial charge in [0.25, 0.3) is 0 Å². The molecule has 168 valence electrons. The maximum absolute atomic E-state index is 13.2. The first kappa shape index (κ1) is 21.3. The third kappa shape index (κ3) is 4.36. The molecule has 0 aliphatic carbocycles. The summed E-state index contributed by atoms with van der Waals surface area (Å²) < 4.78 is 1.80. The molecule has 1 aromatic carbocycles. The van der Waals surface area contributed by atoms with Gasteiger partial charge in [-0.25, -0.2) is 4.98 Å². The summed E-state index contributed by atoms with van der Waals surface area (Å²) in [6.07, 6.45) is 7.72. The minimum absolute atomic E-state index is 0.0699. The lowest BCUT2D eigenvalue weighted by Crippen LogP contribution is -2.45. The molecule has 4 heterocycles. The van der Waals surface area contributed by atoms with Gasteiger partial charge in [-0.2, -0.15) is 5.10 Å². The first-order chi connectivity index (χ1) is 16.0. The molecule has 0 bridgehead atoms. The molecule has 0 atom stereocenters. The maximum atomic E-state index is 13.2. The van der Waals surface area contributed by atoms with Gasteiger partial charge in [0.2, 0.25) is 0 Å². The molecule has 0 amide bonds. The molecule has 0 radical (unpaired) electrons. The molecule has 1 aliphatic heterocycles. The fourth-order valence-electron chi connectivity index (χ4n) is 4.46. The van der Waals surface area contributed by atoms with Crippen LogP contribution in [-0.2, 0) is 13.5 Å². The number of likely N-dealkylation sites (N-methyl/N-ethyl adjacent to an activating group) is 1. The van der Waals surface area contributed by atoms with Crippen molar-refractivity contribution in [3.05, 3.63) is 71.9 Å². The van der Waals surface area contributed by atoms with E-state index in [4.69, 9.17) is 0 Å². The van der Waals surface area contributed by atoms with E-state index < -0.39 is 0 Å². The van der Waals surface area contributed by atoms with Crippen LogP contribution in [0.2, 0.25) is 0 Å². The fraction of sp³-hybridized carbons (Fsp3) is 0.308. The zero-order chi connectivity index (χ0) is 22.9. The molecule has 4 aromatic rings. The number of hydrogen-bond donors (Lipinski definition) is 0. The number of piperazine rings is 1. The highest BCUT2D eigenvalue weighted by atomic mass is 16.1. The number of pyridine rings is 2. The average Bonchev–Trinajstić information content (AvgIpc) is 3.25. The second-order valence-electron chi connectivity index (χ2n) is 8.84. The van der Waals surface area contributed by atoms with Crippen molar-refractivity contribution in [3.8, 4) is 11.1 Å². The zero-order valence-corrected chi connectivity index (χ0v) is 19.3. The second kappa shape index (κ2) is 8.75. The molecule has 0 N–H and O–H groups in total. The lowest BCUT2D eigenvalue weighted by molar-refractivity contribution is 0.0991. The largest absolute Gasteiger partial charge is 0.354 e. The molecule has 0 spiro atoms. The van der Waals surface area contributed by atoms with E-state index in [1.54, 1.807) is 10.9 Å². The number of benzene rings is 1. The Morgan fingerprint density at radius 2 is 1.76 bits per heavy atom. The van der Waals surface area contributed by atoms with Gasteiger partial charge in [-0.3, -0.25) is 14.5 Å². The first-order valence-electron chi connectivity index (χ1n) is 11.3. The van der Waals surface area contributed by atoms with Crippen molar-refractivity contribution in [1.82, 2.24) is 24.6 Å². The molecule has 1 saturated heterocycles. The van der Waals surface area contributed by atoms with E-state index in [0.717, 1.165) is 70.7 Å². The van der Waals surface area contributed by atoms with Crippen LogP contribution in [0.3, 0.4) is 0 Å². The summed E-state index contributed by atoms with van der Waals surface area (Å²) in [6, 6.07) is 10.1. The Hall–Kier alpha value is -3.58. The number of ketones is 1. The van der Waals surface area contributed by atoms with Gasteiger partial charge in [-0.1, -0.05) is 12.1 Å². The third-order valence-corrected chi connectivity index (χ3v) is 6.44. The number of carbonyl (C=O) groups excluding carboxylic acids is 1. The summed E-state index contributed by atoms with van der Waals surface area (Å²) in [5.74, 6) is 0.988. The van der Waals surface area contributed by atoms with Gasteiger partial charge >= 0.3 is 0 Å². The second-order valence-corrected chi connectivity index (χ2v) is 8.84. The molecule has 3 aromatic heterocycles. The minimum Gasteiger partial charge on any atom is -0.354 e. The van der Waals surface area contributed by atoms with Crippen LogP contribution < -0.4 is 4.90 Å². The third-order valence-electron chi connectivity index (χ3n) is 6.44. The topological polar surface area (TPSA) is 67.2 Å². The van der Waals surface area contributed by atoms with Crippen LogP contribution in [0.5, 0.6) is 0 Å². The van der Waals surface area contributed by atoms with E-state index in [0.29, 0.717) is 0 Å². The highest BCUT2D eigenvalue weighted by molar-refractivity contribution is 6.00. The van der Waals surface area contributed by atoms with Crippen molar-refractivity contribution in [2.75, 3.05) is 38.1 Å². The average molecular weight is 441 g/mol. The van der Waals surface area contributed by atoms with Crippen LogP contribution >= 0.6 is 0 Å². The Labute approximate surface area is 193 Å². The van der Waals surface area contributed by atoms with E-state index in [1.807, 2.05) is 44.7 Å². The number of Topliss-reactive ketones (excluding diaryl/α,β-unsaturated/α-hetero) is 1. The summed E-state index contributed by atoms with van der Waals surface area (Å²) in [6.45, 7) is 5.85. The van der Waals surface area contributed by atoms with Gasteiger partial charge in [0.15, 0.2) is 5.78 Å².